The lowest BCUT2D eigenvalue weighted by atomic mass is 9.99. The SMILES string of the molecule is CN(c1ccccc1)c1ccc(-c2ccc(-c3ccc4c(c3)c3ccccc3n4-c3ccccc3)cc2)cc1. The maximum Gasteiger partial charge on any atom is 0.0541 e. The molecule has 2 heteroatoms. The molecule has 39 heavy (non-hydrogen) atoms. The number of aromatic nitrogens is 1. The number of rotatable bonds is 5. The van der Waals surface area contributed by atoms with Crippen molar-refractivity contribution in [3.63, 3.8) is 0 Å². The Morgan fingerprint density at radius 2 is 0.897 bits per heavy atom. The fourth-order valence-electron chi connectivity index (χ4n) is 5.54. The van der Waals surface area contributed by atoms with Crippen molar-refractivity contribution < 1.29 is 0 Å². The summed E-state index contributed by atoms with van der Waals surface area (Å²) in [5.41, 5.74) is 10.9. The lowest BCUT2D eigenvalue weighted by Crippen LogP contribution is -2.08. The first-order chi connectivity index (χ1) is 19.3. The van der Waals surface area contributed by atoms with E-state index < -0.39 is 0 Å². The van der Waals surface area contributed by atoms with Gasteiger partial charge < -0.3 is 9.47 Å². The van der Waals surface area contributed by atoms with Gasteiger partial charge in [-0.05, 0) is 76.9 Å². The Morgan fingerprint density at radius 3 is 1.59 bits per heavy atom. The molecule has 186 valence electrons. The fraction of sp³-hybridized carbons (Fsp3) is 0.0270. The summed E-state index contributed by atoms with van der Waals surface area (Å²) < 4.78 is 2.36. The van der Waals surface area contributed by atoms with E-state index in [9.17, 15) is 0 Å². The van der Waals surface area contributed by atoms with Crippen LogP contribution in [0.25, 0.3) is 49.7 Å². The van der Waals surface area contributed by atoms with E-state index in [0.717, 1.165) is 0 Å². The highest BCUT2D eigenvalue weighted by Gasteiger charge is 2.13. The molecule has 2 nitrogen and oxygen atoms in total. The molecule has 0 bridgehead atoms. The highest BCUT2D eigenvalue weighted by atomic mass is 15.1. The van der Waals surface area contributed by atoms with Crippen molar-refractivity contribution in [2.24, 2.45) is 0 Å². The van der Waals surface area contributed by atoms with E-state index in [0.29, 0.717) is 0 Å². The van der Waals surface area contributed by atoms with Crippen LogP contribution in [0, 0.1) is 0 Å². The Morgan fingerprint density at radius 1 is 0.410 bits per heavy atom. The molecule has 0 saturated heterocycles. The zero-order chi connectivity index (χ0) is 26.2. The average molecular weight is 501 g/mol. The summed E-state index contributed by atoms with van der Waals surface area (Å²) in [5.74, 6) is 0. The van der Waals surface area contributed by atoms with E-state index in [2.05, 4.69) is 162 Å². The van der Waals surface area contributed by atoms with Gasteiger partial charge in [-0.1, -0.05) is 97.1 Å². The summed E-state index contributed by atoms with van der Waals surface area (Å²) in [6.45, 7) is 0. The van der Waals surface area contributed by atoms with Crippen LogP contribution < -0.4 is 4.90 Å². The van der Waals surface area contributed by atoms with Gasteiger partial charge in [0.15, 0.2) is 0 Å². The highest BCUT2D eigenvalue weighted by Crippen LogP contribution is 2.35. The van der Waals surface area contributed by atoms with Gasteiger partial charge in [-0.3, -0.25) is 0 Å². The Bertz CT molecular complexity index is 1880. The molecule has 0 radical (unpaired) electrons. The Kier molecular flexibility index (Phi) is 5.71. The fourth-order valence-corrected chi connectivity index (χ4v) is 5.54. The molecule has 0 aliphatic carbocycles. The third-order valence-corrected chi connectivity index (χ3v) is 7.64. The average Bonchev–Trinajstić information content (AvgIpc) is 3.35. The molecule has 0 spiro atoms. The second kappa shape index (κ2) is 9.66. The number of fused-ring (bicyclic) bond motifs is 3. The predicted octanol–water partition coefficient (Wildman–Crippen LogP) is 9.89. The summed E-state index contributed by atoms with van der Waals surface area (Å²) in [5, 5.41) is 2.55. The molecule has 0 aliphatic heterocycles. The zero-order valence-electron chi connectivity index (χ0n) is 21.8. The molecule has 1 aromatic heterocycles. The maximum atomic E-state index is 2.36. The van der Waals surface area contributed by atoms with Gasteiger partial charge in [0.1, 0.15) is 0 Å². The number of hydrogen-bond donors (Lipinski definition) is 0. The van der Waals surface area contributed by atoms with Gasteiger partial charge in [0, 0.05) is 34.9 Å². The van der Waals surface area contributed by atoms with Gasteiger partial charge in [-0.25, -0.2) is 0 Å². The van der Waals surface area contributed by atoms with Crippen LogP contribution in [-0.4, -0.2) is 11.6 Å². The summed E-state index contributed by atoms with van der Waals surface area (Å²) in [4.78, 5) is 2.21. The van der Waals surface area contributed by atoms with Crippen LogP contribution in [0.3, 0.4) is 0 Å². The molecule has 6 aromatic carbocycles. The van der Waals surface area contributed by atoms with Crippen LogP contribution in [0.1, 0.15) is 0 Å². The van der Waals surface area contributed by atoms with Gasteiger partial charge in [0.05, 0.1) is 11.0 Å². The maximum absolute atomic E-state index is 2.36. The summed E-state index contributed by atoms with van der Waals surface area (Å²) in [6, 6.07) is 54.3. The standard InChI is InChI=1S/C37H28N2/c1-38(31-10-4-2-5-11-31)32-23-20-28(21-24-32)27-16-18-29(19-17-27)30-22-25-37-35(26-30)34-14-8-9-15-36(34)39(37)33-12-6-3-7-13-33/h2-26H,1H3. The minimum absolute atomic E-state index is 1.17. The van der Waals surface area contributed by atoms with E-state index in [1.54, 1.807) is 0 Å². The topological polar surface area (TPSA) is 8.17 Å². The Labute approximate surface area is 229 Å². The van der Waals surface area contributed by atoms with E-state index in [4.69, 9.17) is 0 Å². The summed E-state index contributed by atoms with van der Waals surface area (Å²) in [6.07, 6.45) is 0. The van der Waals surface area contributed by atoms with Crippen molar-refractivity contribution in [3.8, 4) is 27.9 Å². The van der Waals surface area contributed by atoms with Crippen molar-refractivity contribution >= 4 is 33.2 Å². The second-order valence-corrected chi connectivity index (χ2v) is 9.94. The van der Waals surface area contributed by atoms with Crippen molar-refractivity contribution in [1.82, 2.24) is 4.57 Å². The van der Waals surface area contributed by atoms with Crippen LogP contribution in [-0.2, 0) is 0 Å². The molecule has 0 amide bonds. The minimum atomic E-state index is 1.17. The first kappa shape index (κ1) is 23.1. The van der Waals surface area contributed by atoms with Gasteiger partial charge in [-0.2, -0.15) is 0 Å². The molecule has 0 fully saturated rings. The second-order valence-electron chi connectivity index (χ2n) is 9.94. The van der Waals surface area contributed by atoms with Crippen molar-refractivity contribution in [3.05, 3.63) is 152 Å². The lowest BCUT2D eigenvalue weighted by Gasteiger charge is -2.19. The highest BCUT2D eigenvalue weighted by molar-refractivity contribution is 6.10. The quantitative estimate of drug-likeness (QED) is 0.228. The summed E-state index contributed by atoms with van der Waals surface area (Å²) >= 11 is 0. The largest absolute Gasteiger partial charge is 0.345 e. The van der Waals surface area contributed by atoms with Crippen LogP contribution in [0.5, 0.6) is 0 Å². The zero-order valence-corrected chi connectivity index (χ0v) is 21.8. The molecular weight excluding hydrogens is 472 g/mol. The number of benzene rings is 6. The molecular formula is C37H28N2. The lowest BCUT2D eigenvalue weighted by molar-refractivity contribution is 1.18. The number of hydrogen-bond acceptors (Lipinski definition) is 1. The monoisotopic (exact) mass is 500 g/mol. The number of anilines is 2. The van der Waals surface area contributed by atoms with Crippen LogP contribution in [0.4, 0.5) is 11.4 Å². The molecule has 7 aromatic rings. The van der Waals surface area contributed by atoms with Gasteiger partial charge >= 0.3 is 0 Å². The molecule has 1 heterocycles. The summed E-state index contributed by atoms with van der Waals surface area (Å²) in [7, 11) is 2.10. The molecule has 0 aliphatic rings. The smallest absolute Gasteiger partial charge is 0.0541 e. The van der Waals surface area contributed by atoms with Crippen LogP contribution in [0.2, 0.25) is 0 Å². The van der Waals surface area contributed by atoms with Gasteiger partial charge in [-0.15, -0.1) is 0 Å². The molecule has 0 saturated carbocycles. The predicted molar refractivity (Wildman–Crippen MR) is 166 cm³/mol. The first-order valence-electron chi connectivity index (χ1n) is 13.3. The first-order valence-corrected chi connectivity index (χ1v) is 13.3. The Balaban J connectivity index is 1.21. The van der Waals surface area contributed by atoms with Crippen LogP contribution >= 0.6 is 0 Å². The third kappa shape index (κ3) is 4.17. The van der Waals surface area contributed by atoms with Gasteiger partial charge in [0.2, 0.25) is 0 Å². The van der Waals surface area contributed by atoms with E-state index in [1.807, 2.05) is 6.07 Å². The van der Waals surface area contributed by atoms with Gasteiger partial charge in [0.25, 0.3) is 0 Å². The number of nitrogens with zero attached hydrogens (tertiary/aromatic N) is 2. The van der Waals surface area contributed by atoms with Crippen molar-refractivity contribution in [1.29, 1.82) is 0 Å². The molecule has 0 unspecified atom stereocenters. The Hall–Kier alpha value is -5.08. The van der Waals surface area contributed by atoms with Crippen LogP contribution in [0.15, 0.2) is 152 Å². The van der Waals surface area contributed by atoms with Crippen molar-refractivity contribution in [2.75, 3.05) is 11.9 Å². The minimum Gasteiger partial charge on any atom is -0.345 e. The molecule has 7 rings (SSSR count). The molecule has 0 N–H and O–H groups in total. The van der Waals surface area contributed by atoms with E-state index in [1.165, 1.54) is 61.1 Å². The third-order valence-electron chi connectivity index (χ3n) is 7.64. The normalized spacial score (nSPS) is 11.2. The molecule has 0 atom stereocenters. The number of para-hydroxylation sites is 3. The van der Waals surface area contributed by atoms with E-state index in [-0.39, 0.29) is 0 Å². The van der Waals surface area contributed by atoms with Crippen molar-refractivity contribution in [2.45, 2.75) is 0 Å². The van der Waals surface area contributed by atoms with E-state index >= 15 is 0 Å².